The Kier molecular flexibility index (Phi) is 5.36. The molecule has 0 saturated carbocycles. The number of benzene rings is 1. The van der Waals surface area contributed by atoms with Crippen molar-refractivity contribution in [2.45, 2.75) is 26.8 Å². The molecule has 2 N–H and O–H groups in total. The molecule has 0 aliphatic carbocycles. The lowest BCUT2D eigenvalue weighted by atomic mass is 9.91. The van der Waals surface area contributed by atoms with Gasteiger partial charge in [0, 0.05) is 12.7 Å². The molecular formula is C17H22FN3O2. The van der Waals surface area contributed by atoms with E-state index in [1.807, 2.05) is 13.8 Å². The van der Waals surface area contributed by atoms with Crippen molar-refractivity contribution < 1.29 is 13.9 Å². The van der Waals surface area contributed by atoms with Gasteiger partial charge >= 0.3 is 5.97 Å². The first-order valence-corrected chi connectivity index (χ1v) is 7.64. The normalized spacial score (nSPS) is 19.6. The number of nitrogens with zero attached hydrogens (tertiary/aromatic N) is 1. The molecule has 1 aliphatic heterocycles. The highest BCUT2D eigenvalue weighted by molar-refractivity contribution is 5.96. The Morgan fingerprint density at radius 3 is 2.52 bits per heavy atom. The number of ether oxygens (including phenoxy) is 1. The third kappa shape index (κ3) is 3.70. The highest BCUT2D eigenvalue weighted by Gasteiger charge is 2.33. The molecule has 0 amide bonds. The molecule has 0 aromatic heterocycles. The Morgan fingerprint density at radius 2 is 2.00 bits per heavy atom. The lowest BCUT2D eigenvalue weighted by molar-refractivity contribution is -0.139. The second-order valence-corrected chi connectivity index (χ2v) is 5.53. The van der Waals surface area contributed by atoms with E-state index >= 15 is 0 Å². The summed E-state index contributed by atoms with van der Waals surface area (Å²) in [5.74, 6) is -0.0641. The summed E-state index contributed by atoms with van der Waals surface area (Å²) in [7, 11) is 1.66. The maximum atomic E-state index is 13.2. The van der Waals surface area contributed by atoms with Crippen molar-refractivity contribution in [1.29, 1.82) is 0 Å². The molecule has 0 radical (unpaired) electrons. The van der Waals surface area contributed by atoms with E-state index in [4.69, 9.17) is 4.74 Å². The smallest absolute Gasteiger partial charge is 0.338 e. The summed E-state index contributed by atoms with van der Waals surface area (Å²) in [4.78, 5) is 16.6. The van der Waals surface area contributed by atoms with E-state index in [2.05, 4.69) is 15.6 Å². The number of carbonyl (C=O) groups excluding carboxylic acids is 1. The summed E-state index contributed by atoms with van der Waals surface area (Å²) in [6.45, 7) is 6.03. The zero-order valence-electron chi connectivity index (χ0n) is 13.8. The number of esters is 1. The second-order valence-electron chi connectivity index (χ2n) is 5.53. The van der Waals surface area contributed by atoms with Crippen molar-refractivity contribution in [3.63, 3.8) is 0 Å². The number of guanidine groups is 1. The number of nitrogens with one attached hydrogen (secondary N) is 2. The van der Waals surface area contributed by atoms with E-state index in [9.17, 15) is 9.18 Å². The molecule has 1 aromatic rings. The van der Waals surface area contributed by atoms with Gasteiger partial charge in [-0.1, -0.05) is 26.0 Å². The van der Waals surface area contributed by atoms with Gasteiger partial charge < -0.3 is 15.4 Å². The number of rotatable bonds is 4. The molecule has 1 aromatic carbocycles. The quantitative estimate of drug-likeness (QED) is 0.837. The fourth-order valence-corrected chi connectivity index (χ4v) is 2.51. The molecule has 2 rings (SSSR count). The predicted molar refractivity (Wildman–Crippen MR) is 87.3 cm³/mol. The van der Waals surface area contributed by atoms with Crippen molar-refractivity contribution in [3.8, 4) is 0 Å². The number of carbonyl (C=O) groups is 1. The van der Waals surface area contributed by atoms with Crippen molar-refractivity contribution in [3.05, 3.63) is 46.9 Å². The van der Waals surface area contributed by atoms with Crippen LogP contribution < -0.4 is 10.6 Å². The molecule has 23 heavy (non-hydrogen) atoms. The van der Waals surface area contributed by atoms with Gasteiger partial charge in [-0.3, -0.25) is 4.99 Å². The summed E-state index contributed by atoms with van der Waals surface area (Å²) in [5.41, 5.74) is 2.04. The predicted octanol–water partition coefficient (Wildman–Crippen LogP) is 2.52. The standard InChI is InChI=1S/C17H22FN3O2/c1-5-23-16(22)13-14(10(2)3)20-17(19-4)21-15(13)11-6-8-12(18)9-7-11/h6-10,15H,5H2,1-4H3,(H2,19,20,21). The third-order valence-corrected chi connectivity index (χ3v) is 3.61. The van der Waals surface area contributed by atoms with E-state index < -0.39 is 6.04 Å². The van der Waals surface area contributed by atoms with Crippen LogP contribution in [-0.4, -0.2) is 25.6 Å². The van der Waals surface area contributed by atoms with Gasteiger partial charge in [0.15, 0.2) is 5.96 Å². The van der Waals surface area contributed by atoms with Crippen LogP contribution in [0.3, 0.4) is 0 Å². The van der Waals surface area contributed by atoms with Crippen LogP contribution in [0.2, 0.25) is 0 Å². The lowest BCUT2D eigenvalue weighted by Gasteiger charge is -2.33. The first-order valence-electron chi connectivity index (χ1n) is 7.64. The Hall–Kier alpha value is -2.37. The summed E-state index contributed by atoms with van der Waals surface area (Å²) < 4.78 is 18.4. The van der Waals surface area contributed by atoms with E-state index in [-0.39, 0.29) is 17.7 Å². The SMILES string of the molecule is CCOC(=O)C1=C(C(C)C)NC(=NC)NC1c1ccc(F)cc1. The van der Waals surface area contributed by atoms with Crippen LogP contribution in [0.25, 0.3) is 0 Å². The van der Waals surface area contributed by atoms with Crippen LogP contribution in [0, 0.1) is 11.7 Å². The fraction of sp³-hybridized carbons (Fsp3) is 0.412. The number of allylic oxidation sites excluding steroid dienone is 1. The molecule has 1 atom stereocenters. The summed E-state index contributed by atoms with van der Waals surface area (Å²) in [6, 6.07) is 5.62. The van der Waals surface area contributed by atoms with Crippen LogP contribution in [-0.2, 0) is 9.53 Å². The van der Waals surface area contributed by atoms with E-state index in [0.29, 0.717) is 18.1 Å². The maximum Gasteiger partial charge on any atom is 0.338 e. The summed E-state index contributed by atoms with van der Waals surface area (Å²) >= 11 is 0. The lowest BCUT2D eigenvalue weighted by Crippen LogP contribution is -2.48. The zero-order chi connectivity index (χ0) is 17.0. The van der Waals surface area contributed by atoms with Gasteiger partial charge in [-0.25, -0.2) is 9.18 Å². The van der Waals surface area contributed by atoms with Crippen LogP contribution >= 0.6 is 0 Å². The number of aliphatic imine (C=N–C) groups is 1. The minimum Gasteiger partial charge on any atom is -0.463 e. The molecule has 6 heteroatoms. The van der Waals surface area contributed by atoms with E-state index in [1.54, 1.807) is 26.1 Å². The van der Waals surface area contributed by atoms with Gasteiger partial charge in [-0.05, 0) is 30.5 Å². The number of halogens is 1. The van der Waals surface area contributed by atoms with E-state index in [1.165, 1.54) is 12.1 Å². The Balaban J connectivity index is 2.56. The van der Waals surface area contributed by atoms with Gasteiger partial charge in [0.1, 0.15) is 5.82 Å². The average Bonchev–Trinajstić information content (AvgIpc) is 2.54. The van der Waals surface area contributed by atoms with Crippen molar-refractivity contribution in [2.75, 3.05) is 13.7 Å². The van der Waals surface area contributed by atoms with Crippen LogP contribution in [0.15, 0.2) is 40.5 Å². The van der Waals surface area contributed by atoms with Crippen molar-refractivity contribution in [2.24, 2.45) is 10.9 Å². The van der Waals surface area contributed by atoms with Crippen molar-refractivity contribution in [1.82, 2.24) is 10.6 Å². The van der Waals surface area contributed by atoms with Gasteiger partial charge in [0.2, 0.25) is 0 Å². The Labute approximate surface area is 135 Å². The number of hydrogen-bond acceptors (Lipinski definition) is 3. The molecule has 5 nitrogen and oxygen atoms in total. The minimum absolute atomic E-state index is 0.0798. The van der Waals surface area contributed by atoms with Gasteiger partial charge in [-0.15, -0.1) is 0 Å². The van der Waals surface area contributed by atoms with Crippen molar-refractivity contribution >= 4 is 11.9 Å². The van der Waals surface area contributed by atoms with Gasteiger partial charge in [0.05, 0.1) is 18.2 Å². The molecule has 1 heterocycles. The third-order valence-electron chi connectivity index (χ3n) is 3.61. The maximum absolute atomic E-state index is 13.2. The molecule has 0 bridgehead atoms. The molecule has 0 spiro atoms. The number of hydrogen-bond donors (Lipinski definition) is 2. The molecule has 0 fully saturated rings. The molecule has 1 aliphatic rings. The molecule has 0 saturated heterocycles. The van der Waals surface area contributed by atoms with Crippen LogP contribution in [0.4, 0.5) is 4.39 Å². The summed E-state index contributed by atoms with van der Waals surface area (Å²) in [5, 5.41) is 6.32. The fourth-order valence-electron chi connectivity index (χ4n) is 2.51. The molecular weight excluding hydrogens is 297 g/mol. The zero-order valence-corrected chi connectivity index (χ0v) is 13.8. The minimum atomic E-state index is -0.438. The van der Waals surface area contributed by atoms with Crippen LogP contribution in [0.5, 0.6) is 0 Å². The highest BCUT2D eigenvalue weighted by Crippen LogP contribution is 2.30. The first-order chi connectivity index (χ1) is 11.0. The van der Waals surface area contributed by atoms with Gasteiger partial charge in [0.25, 0.3) is 0 Å². The topological polar surface area (TPSA) is 62.7 Å². The van der Waals surface area contributed by atoms with Crippen LogP contribution in [0.1, 0.15) is 32.4 Å². The van der Waals surface area contributed by atoms with E-state index in [0.717, 1.165) is 11.3 Å². The summed E-state index contributed by atoms with van der Waals surface area (Å²) in [6.07, 6.45) is 0. The Morgan fingerprint density at radius 1 is 1.35 bits per heavy atom. The Bertz CT molecular complexity index is 636. The highest BCUT2D eigenvalue weighted by atomic mass is 19.1. The molecule has 1 unspecified atom stereocenters. The largest absolute Gasteiger partial charge is 0.463 e. The average molecular weight is 319 g/mol. The monoisotopic (exact) mass is 319 g/mol. The molecule has 124 valence electrons. The van der Waals surface area contributed by atoms with Gasteiger partial charge in [-0.2, -0.15) is 0 Å². The second kappa shape index (κ2) is 7.26. The first kappa shape index (κ1) is 17.0.